The first-order valence-electron chi connectivity index (χ1n) is 12.3. The molecule has 2 aromatic carbocycles. The maximum absolute atomic E-state index is 13.2. The summed E-state index contributed by atoms with van der Waals surface area (Å²) in [5.74, 6) is 0.926. The summed E-state index contributed by atoms with van der Waals surface area (Å²) in [7, 11) is 1.91. The maximum atomic E-state index is 13.2. The van der Waals surface area contributed by atoms with E-state index in [2.05, 4.69) is 20.8 Å². The standard InChI is InChI=1S/C26H30N6O2S/c1-31(20-10-3-2-4-11-20)24(33)17-35-23-13-6-5-12-22(23)26(34)27-19-9-7-8-18(16-19)25-28-29-30-32(25)21-14-15-21/h5-9,12-13,16,20-21H,2-4,10-11,14-15,17H2,1H3,(H,27,34). The lowest BCUT2D eigenvalue weighted by Crippen LogP contribution is -2.39. The number of nitrogens with one attached hydrogen (secondary N) is 1. The van der Waals surface area contributed by atoms with Crippen LogP contribution in [0.15, 0.2) is 53.4 Å². The third-order valence-corrected chi connectivity index (χ3v) is 7.82. The normalized spacial score (nSPS) is 16.1. The minimum atomic E-state index is -0.208. The first-order chi connectivity index (χ1) is 17.1. The number of nitrogens with zero attached hydrogens (tertiary/aromatic N) is 5. The molecule has 9 heteroatoms. The number of anilines is 1. The molecule has 2 aliphatic carbocycles. The number of aromatic nitrogens is 4. The van der Waals surface area contributed by atoms with E-state index in [1.807, 2.05) is 59.1 Å². The summed E-state index contributed by atoms with van der Waals surface area (Å²) in [6.45, 7) is 0. The van der Waals surface area contributed by atoms with E-state index < -0.39 is 0 Å². The van der Waals surface area contributed by atoms with Crippen molar-refractivity contribution in [2.75, 3.05) is 18.1 Å². The Morgan fingerprint density at radius 3 is 2.66 bits per heavy atom. The highest BCUT2D eigenvalue weighted by molar-refractivity contribution is 8.00. The van der Waals surface area contributed by atoms with E-state index in [9.17, 15) is 9.59 Å². The van der Waals surface area contributed by atoms with Crippen LogP contribution in [0.5, 0.6) is 0 Å². The van der Waals surface area contributed by atoms with Gasteiger partial charge in [-0.25, -0.2) is 4.68 Å². The van der Waals surface area contributed by atoms with Crippen LogP contribution in [0.1, 0.15) is 61.3 Å². The molecule has 1 heterocycles. The number of rotatable bonds is 8. The molecule has 1 aromatic heterocycles. The molecule has 0 bridgehead atoms. The summed E-state index contributed by atoms with van der Waals surface area (Å²) in [6, 6.07) is 15.7. The smallest absolute Gasteiger partial charge is 0.256 e. The summed E-state index contributed by atoms with van der Waals surface area (Å²) in [6.07, 6.45) is 7.97. The van der Waals surface area contributed by atoms with Crippen molar-refractivity contribution in [3.63, 3.8) is 0 Å². The van der Waals surface area contributed by atoms with Crippen molar-refractivity contribution < 1.29 is 9.59 Å². The van der Waals surface area contributed by atoms with Crippen molar-refractivity contribution >= 4 is 29.3 Å². The van der Waals surface area contributed by atoms with Gasteiger partial charge in [-0.05, 0) is 60.4 Å². The molecule has 0 unspecified atom stereocenters. The van der Waals surface area contributed by atoms with Gasteiger partial charge in [0.2, 0.25) is 5.91 Å². The Morgan fingerprint density at radius 2 is 1.86 bits per heavy atom. The van der Waals surface area contributed by atoms with E-state index in [0.29, 0.717) is 34.9 Å². The predicted octanol–water partition coefficient (Wildman–Crippen LogP) is 4.81. The largest absolute Gasteiger partial charge is 0.342 e. The van der Waals surface area contributed by atoms with E-state index in [1.54, 1.807) is 6.07 Å². The number of thioether (sulfide) groups is 1. The molecule has 2 saturated carbocycles. The summed E-state index contributed by atoms with van der Waals surface area (Å²) in [5, 5.41) is 15.1. The second-order valence-electron chi connectivity index (χ2n) is 9.29. The number of amides is 2. The fraction of sp³-hybridized carbons (Fsp3) is 0.423. The van der Waals surface area contributed by atoms with Gasteiger partial charge in [-0.2, -0.15) is 0 Å². The van der Waals surface area contributed by atoms with Gasteiger partial charge in [0.1, 0.15) is 0 Å². The van der Waals surface area contributed by atoms with Crippen LogP contribution < -0.4 is 5.32 Å². The summed E-state index contributed by atoms with van der Waals surface area (Å²) >= 11 is 1.42. The highest BCUT2D eigenvalue weighted by Gasteiger charge is 2.28. The SMILES string of the molecule is CN(C(=O)CSc1ccccc1C(=O)Nc1cccc(-c2nnnn2C2CC2)c1)C1CCCCC1. The average molecular weight is 491 g/mol. The Morgan fingerprint density at radius 1 is 1.06 bits per heavy atom. The summed E-state index contributed by atoms with van der Waals surface area (Å²) < 4.78 is 1.86. The second-order valence-corrected chi connectivity index (χ2v) is 10.3. The zero-order valence-electron chi connectivity index (χ0n) is 19.9. The van der Waals surface area contributed by atoms with E-state index >= 15 is 0 Å². The lowest BCUT2D eigenvalue weighted by Gasteiger charge is -2.31. The maximum Gasteiger partial charge on any atom is 0.256 e. The molecule has 35 heavy (non-hydrogen) atoms. The molecule has 2 amide bonds. The lowest BCUT2D eigenvalue weighted by molar-refractivity contribution is -0.129. The van der Waals surface area contributed by atoms with Crippen molar-refractivity contribution in [3.05, 3.63) is 54.1 Å². The van der Waals surface area contributed by atoms with E-state index in [-0.39, 0.29) is 11.8 Å². The van der Waals surface area contributed by atoms with E-state index in [1.165, 1.54) is 31.0 Å². The quantitative estimate of drug-likeness (QED) is 0.456. The number of carbonyl (C=O) groups is 2. The average Bonchev–Trinajstić information content (AvgIpc) is 3.63. The summed E-state index contributed by atoms with van der Waals surface area (Å²) in [4.78, 5) is 28.7. The molecule has 182 valence electrons. The van der Waals surface area contributed by atoms with E-state index in [4.69, 9.17) is 0 Å². The van der Waals surface area contributed by atoms with Gasteiger partial charge in [-0.3, -0.25) is 9.59 Å². The van der Waals surface area contributed by atoms with Crippen molar-refractivity contribution in [1.29, 1.82) is 0 Å². The monoisotopic (exact) mass is 490 g/mol. The van der Waals surface area contributed by atoms with Gasteiger partial charge < -0.3 is 10.2 Å². The van der Waals surface area contributed by atoms with Crippen LogP contribution in [0, 0.1) is 0 Å². The number of carbonyl (C=O) groups excluding carboxylic acids is 2. The van der Waals surface area contributed by atoms with Gasteiger partial charge in [-0.15, -0.1) is 16.9 Å². The molecule has 0 atom stereocenters. The number of hydrogen-bond acceptors (Lipinski definition) is 6. The van der Waals surface area contributed by atoms with Crippen LogP contribution >= 0.6 is 11.8 Å². The Kier molecular flexibility index (Phi) is 7.13. The molecule has 2 fully saturated rings. The van der Waals surface area contributed by atoms with E-state index in [0.717, 1.165) is 36.1 Å². The lowest BCUT2D eigenvalue weighted by atomic mass is 9.94. The Balaban J connectivity index is 1.25. The van der Waals surface area contributed by atoms with Gasteiger partial charge in [-0.1, -0.05) is 43.5 Å². The highest BCUT2D eigenvalue weighted by Crippen LogP contribution is 2.37. The molecular formula is C26H30N6O2S. The molecule has 1 N–H and O–H groups in total. The molecule has 2 aliphatic rings. The van der Waals surface area contributed by atoms with Gasteiger partial charge >= 0.3 is 0 Å². The highest BCUT2D eigenvalue weighted by atomic mass is 32.2. The molecule has 0 saturated heterocycles. The molecule has 0 spiro atoms. The molecular weight excluding hydrogens is 460 g/mol. The number of hydrogen-bond donors (Lipinski definition) is 1. The Bertz CT molecular complexity index is 1200. The van der Waals surface area contributed by atoms with Crippen LogP contribution in [0.25, 0.3) is 11.4 Å². The third-order valence-electron chi connectivity index (χ3n) is 6.76. The first kappa shape index (κ1) is 23.5. The zero-order valence-corrected chi connectivity index (χ0v) is 20.7. The molecule has 5 rings (SSSR count). The van der Waals surface area contributed by atoms with Gasteiger partial charge in [0, 0.05) is 29.2 Å². The predicted molar refractivity (Wildman–Crippen MR) is 136 cm³/mol. The van der Waals surface area contributed by atoms with Gasteiger partial charge in [0.05, 0.1) is 17.4 Å². The van der Waals surface area contributed by atoms with Crippen LogP contribution in [-0.2, 0) is 4.79 Å². The number of benzene rings is 2. The minimum Gasteiger partial charge on any atom is -0.342 e. The van der Waals surface area contributed by atoms with Crippen molar-refractivity contribution in [2.45, 2.75) is 61.9 Å². The first-order valence-corrected chi connectivity index (χ1v) is 13.3. The van der Waals surface area contributed by atoms with Crippen LogP contribution in [0.3, 0.4) is 0 Å². The topological polar surface area (TPSA) is 93.0 Å². The molecule has 8 nitrogen and oxygen atoms in total. The van der Waals surface area contributed by atoms with Crippen LogP contribution in [0.4, 0.5) is 5.69 Å². The fourth-order valence-corrected chi connectivity index (χ4v) is 5.55. The van der Waals surface area contributed by atoms with Crippen LogP contribution in [0.2, 0.25) is 0 Å². The third kappa shape index (κ3) is 5.56. The number of tetrazole rings is 1. The Labute approximate surface area is 209 Å². The zero-order chi connectivity index (χ0) is 24.2. The molecule has 0 radical (unpaired) electrons. The van der Waals surface area contributed by atoms with Gasteiger partial charge in [0.15, 0.2) is 5.82 Å². The van der Waals surface area contributed by atoms with Crippen molar-refractivity contribution in [1.82, 2.24) is 25.1 Å². The Hall–Kier alpha value is -3.20. The molecule has 0 aliphatic heterocycles. The summed E-state index contributed by atoms with van der Waals surface area (Å²) in [5.41, 5.74) is 2.09. The molecule has 3 aromatic rings. The minimum absolute atomic E-state index is 0.109. The van der Waals surface area contributed by atoms with Crippen molar-refractivity contribution in [3.8, 4) is 11.4 Å². The fourth-order valence-electron chi connectivity index (χ4n) is 4.58. The van der Waals surface area contributed by atoms with Gasteiger partial charge in [0.25, 0.3) is 5.91 Å². The van der Waals surface area contributed by atoms with Crippen LogP contribution in [-0.4, -0.2) is 55.8 Å². The second kappa shape index (κ2) is 10.6. The van der Waals surface area contributed by atoms with Crippen molar-refractivity contribution in [2.24, 2.45) is 0 Å².